The van der Waals surface area contributed by atoms with Gasteiger partial charge in [0.25, 0.3) is 0 Å². The normalized spacial score (nSPS) is 25.1. The van der Waals surface area contributed by atoms with E-state index in [4.69, 9.17) is 5.11 Å². The average molecular weight is 214 g/mol. The van der Waals surface area contributed by atoms with Crippen LogP contribution in [0.3, 0.4) is 0 Å². The van der Waals surface area contributed by atoms with E-state index < -0.39 is 0 Å². The summed E-state index contributed by atoms with van der Waals surface area (Å²) in [6.07, 6.45) is 2.66. The van der Waals surface area contributed by atoms with Crippen molar-refractivity contribution >= 4 is 5.91 Å². The first-order chi connectivity index (χ1) is 7.11. The zero-order valence-electron chi connectivity index (χ0n) is 9.70. The van der Waals surface area contributed by atoms with Gasteiger partial charge in [-0.15, -0.1) is 0 Å². The first-order valence-corrected chi connectivity index (χ1v) is 5.75. The van der Waals surface area contributed by atoms with Crippen LogP contribution in [0.2, 0.25) is 0 Å². The van der Waals surface area contributed by atoms with Gasteiger partial charge < -0.3 is 10.4 Å². The summed E-state index contributed by atoms with van der Waals surface area (Å²) in [5.41, 5.74) is 0. The Labute approximate surface area is 91.6 Å². The molecule has 1 rings (SSSR count). The molecule has 88 valence electrons. The predicted molar refractivity (Wildman–Crippen MR) is 59.5 cm³/mol. The van der Waals surface area contributed by atoms with E-state index >= 15 is 0 Å². The minimum absolute atomic E-state index is 0.0965. The Morgan fingerprint density at radius 1 is 1.53 bits per heavy atom. The lowest BCUT2D eigenvalue weighted by molar-refractivity contribution is -0.122. The molecule has 0 aliphatic heterocycles. The fourth-order valence-corrected chi connectivity index (χ4v) is 1.92. The summed E-state index contributed by atoms with van der Waals surface area (Å²) in [5, 5.41) is 12.0. The van der Waals surface area contributed by atoms with Gasteiger partial charge >= 0.3 is 0 Å². The molecule has 4 heteroatoms. The van der Waals surface area contributed by atoms with Crippen molar-refractivity contribution in [2.24, 2.45) is 5.92 Å². The number of hydrogen-bond donors (Lipinski definition) is 2. The maximum absolute atomic E-state index is 11.4. The number of aliphatic hydroxyl groups is 1. The van der Waals surface area contributed by atoms with Gasteiger partial charge in [0.15, 0.2) is 0 Å². The van der Waals surface area contributed by atoms with Crippen molar-refractivity contribution in [1.29, 1.82) is 0 Å². The third-order valence-corrected chi connectivity index (χ3v) is 2.77. The lowest BCUT2D eigenvalue weighted by atomic mass is 9.82. The van der Waals surface area contributed by atoms with Gasteiger partial charge in [0.2, 0.25) is 5.91 Å². The highest BCUT2D eigenvalue weighted by atomic mass is 16.3. The minimum atomic E-state index is -0.0997. The molecule has 0 saturated heterocycles. The van der Waals surface area contributed by atoms with Gasteiger partial charge in [-0.1, -0.05) is 6.92 Å². The molecule has 1 aliphatic carbocycles. The maximum atomic E-state index is 11.4. The van der Waals surface area contributed by atoms with Crippen LogP contribution < -0.4 is 5.32 Å². The Hall–Kier alpha value is -0.610. The van der Waals surface area contributed by atoms with E-state index in [2.05, 4.69) is 5.32 Å². The van der Waals surface area contributed by atoms with Crippen LogP contribution in [0.25, 0.3) is 0 Å². The van der Waals surface area contributed by atoms with Crippen LogP contribution in [-0.2, 0) is 4.79 Å². The van der Waals surface area contributed by atoms with Crippen LogP contribution in [0, 0.1) is 5.92 Å². The van der Waals surface area contributed by atoms with Gasteiger partial charge in [-0.3, -0.25) is 9.69 Å². The summed E-state index contributed by atoms with van der Waals surface area (Å²) in [7, 11) is 1.95. The Kier molecular flexibility index (Phi) is 5.05. The predicted octanol–water partition coefficient (Wildman–Crippen LogP) is 0.215. The van der Waals surface area contributed by atoms with Gasteiger partial charge in [-0.05, 0) is 32.2 Å². The number of nitrogens with zero attached hydrogens (tertiary/aromatic N) is 1. The van der Waals surface area contributed by atoms with Crippen molar-refractivity contribution in [3.8, 4) is 0 Å². The number of carbonyl (C=O) groups is 1. The SMILES string of the molecule is CCCNC(=O)CN(C)CC1CC(O)C1. The van der Waals surface area contributed by atoms with Gasteiger partial charge in [-0.2, -0.15) is 0 Å². The lowest BCUT2D eigenvalue weighted by Gasteiger charge is -2.34. The largest absolute Gasteiger partial charge is 0.393 e. The second-order valence-corrected chi connectivity index (χ2v) is 4.54. The van der Waals surface area contributed by atoms with E-state index in [1.54, 1.807) is 0 Å². The van der Waals surface area contributed by atoms with Crippen LogP contribution in [0.4, 0.5) is 0 Å². The first-order valence-electron chi connectivity index (χ1n) is 5.75. The summed E-state index contributed by atoms with van der Waals surface area (Å²) < 4.78 is 0. The van der Waals surface area contributed by atoms with Crippen molar-refractivity contribution in [3.63, 3.8) is 0 Å². The molecular weight excluding hydrogens is 192 g/mol. The van der Waals surface area contributed by atoms with Crippen LogP contribution in [0.5, 0.6) is 0 Å². The topological polar surface area (TPSA) is 52.6 Å². The summed E-state index contributed by atoms with van der Waals surface area (Å²) >= 11 is 0. The first kappa shape index (κ1) is 12.5. The highest BCUT2D eigenvalue weighted by Gasteiger charge is 2.28. The van der Waals surface area contributed by atoms with E-state index in [-0.39, 0.29) is 12.0 Å². The number of rotatable bonds is 6. The van der Waals surface area contributed by atoms with E-state index in [0.717, 1.165) is 32.4 Å². The highest BCUT2D eigenvalue weighted by molar-refractivity contribution is 5.77. The Bertz CT molecular complexity index is 203. The molecule has 0 radical (unpaired) electrons. The number of likely N-dealkylation sites (N-methyl/N-ethyl adjacent to an activating group) is 1. The second kappa shape index (κ2) is 6.08. The van der Waals surface area contributed by atoms with E-state index in [1.165, 1.54) is 0 Å². The molecule has 0 atom stereocenters. The summed E-state index contributed by atoms with van der Waals surface area (Å²) in [5.74, 6) is 0.670. The van der Waals surface area contributed by atoms with Gasteiger partial charge in [0.1, 0.15) is 0 Å². The highest BCUT2D eigenvalue weighted by Crippen LogP contribution is 2.27. The van der Waals surface area contributed by atoms with E-state index in [1.807, 2.05) is 18.9 Å². The van der Waals surface area contributed by atoms with E-state index in [0.29, 0.717) is 12.5 Å². The monoisotopic (exact) mass is 214 g/mol. The minimum Gasteiger partial charge on any atom is -0.393 e. The number of aliphatic hydroxyl groups excluding tert-OH is 1. The summed E-state index contributed by atoms with van der Waals surface area (Å²) in [6.45, 7) is 4.18. The molecule has 2 N–H and O–H groups in total. The molecule has 0 aromatic heterocycles. The molecular formula is C11H22N2O2. The number of carbonyl (C=O) groups excluding carboxylic acids is 1. The average Bonchev–Trinajstić information content (AvgIpc) is 2.12. The molecule has 1 saturated carbocycles. The Balaban J connectivity index is 2.07. The molecule has 15 heavy (non-hydrogen) atoms. The number of nitrogens with one attached hydrogen (secondary N) is 1. The second-order valence-electron chi connectivity index (χ2n) is 4.54. The third kappa shape index (κ3) is 4.62. The molecule has 0 aromatic carbocycles. The van der Waals surface area contributed by atoms with Crippen LogP contribution >= 0.6 is 0 Å². The van der Waals surface area contributed by atoms with Crippen molar-refractivity contribution in [1.82, 2.24) is 10.2 Å². The van der Waals surface area contributed by atoms with Crippen molar-refractivity contribution in [2.45, 2.75) is 32.3 Å². The molecule has 1 amide bonds. The molecule has 0 aromatic rings. The van der Waals surface area contributed by atoms with Crippen LogP contribution in [-0.4, -0.2) is 48.7 Å². The van der Waals surface area contributed by atoms with Gasteiger partial charge in [-0.25, -0.2) is 0 Å². The molecule has 1 aliphatic rings. The molecule has 1 fully saturated rings. The smallest absolute Gasteiger partial charge is 0.234 e. The third-order valence-electron chi connectivity index (χ3n) is 2.77. The van der Waals surface area contributed by atoms with Gasteiger partial charge in [0, 0.05) is 13.1 Å². The molecule has 0 heterocycles. The molecule has 0 bridgehead atoms. The number of hydrogen-bond acceptors (Lipinski definition) is 3. The Morgan fingerprint density at radius 3 is 2.73 bits per heavy atom. The van der Waals surface area contributed by atoms with Crippen molar-refractivity contribution < 1.29 is 9.90 Å². The van der Waals surface area contributed by atoms with Crippen molar-refractivity contribution in [3.05, 3.63) is 0 Å². The quantitative estimate of drug-likeness (QED) is 0.665. The fourth-order valence-electron chi connectivity index (χ4n) is 1.92. The summed E-state index contributed by atoms with van der Waals surface area (Å²) in [6, 6.07) is 0. The van der Waals surface area contributed by atoms with Gasteiger partial charge in [0.05, 0.1) is 12.6 Å². The maximum Gasteiger partial charge on any atom is 0.234 e. The van der Waals surface area contributed by atoms with E-state index in [9.17, 15) is 4.79 Å². The molecule has 0 unspecified atom stereocenters. The van der Waals surface area contributed by atoms with Crippen LogP contribution in [0.15, 0.2) is 0 Å². The lowest BCUT2D eigenvalue weighted by Crippen LogP contribution is -2.41. The molecule has 0 spiro atoms. The fraction of sp³-hybridized carbons (Fsp3) is 0.909. The van der Waals surface area contributed by atoms with Crippen LogP contribution in [0.1, 0.15) is 26.2 Å². The zero-order chi connectivity index (χ0) is 11.3. The molecule has 4 nitrogen and oxygen atoms in total. The number of amides is 1. The Morgan fingerprint density at radius 2 is 2.20 bits per heavy atom. The van der Waals surface area contributed by atoms with Crippen molar-refractivity contribution in [2.75, 3.05) is 26.7 Å². The summed E-state index contributed by atoms with van der Waals surface area (Å²) in [4.78, 5) is 13.4. The standard InChI is InChI=1S/C11H22N2O2/c1-3-4-12-11(15)8-13(2)7-9-5-10(14)6-9/h9-10,14H,3-8H2,1-2H3,(H,12,15). The zero-order valence-corrected chi connectivity index (χ0v) is 9.70.